The number of aromatic nitrogens is 1. The lowest BCUT2D eigenvalue weighted by molar-refractivity contribution is 0.104. The van der Waals surface area contributed by atoms with E-state index < -0.39 is 0 Å². The molecule has 0 N–H and O–H groups in total. The van der Waals surface area contributed by atoms with Crippen LogP contribution in [-0.4, -0.2) is 17.9 Å². The summed E-state index contributed by atoms with van der Waals surface area (Å²) in [5.74, 6) is 0.428. The lowest BCUT2D eigenvalue weighted by Gasteiger charge is -2.16. The smallest absolute Gasteiger partial charge is 0.225 e. The highest BCUT2D eigenvalue weighted by Gasteiger charge is 2.34. The van der Waals surface area contributed by atoms with Crippen molar-refractivity contribution >= 4 is 5.78 Å². The number of nitrogens with zero attached hydrogens (tertiary/aromatic N) is 1. The fraction of sp³-hybridized carbons (Fsp3) is 0.217. The molecule has 0 spiro atoms. The molecule has 3 heteroatoms. The van der Waals surface area contributed by atoms with Gasteiger partial charge in [0, 0.05) is 16.7 Å². The first-order valence-corrected chi connectivity index (χ1v) is 9.06. The number of carbonyl (C=O) groups excluding carboxylic acids is 1. The standard InChI is InChI=1S/C23H21NO2/c1-3-4-12-18-19-16-13-8-9-14-17(16)22(25)20(19)23(26-2)24-21(18)15-10-6-5-7-11-15/h5-11,13-14H,3-4,12H2,1-2H3. The Hall–Kier alpha value is -2.94. The van der Waals surface area contributed by atoms with Crippen LogP contribution in [0, 0.1) is 0 Å². The van der Waals surface area contributed by atoms with Crippen molar-refractivity contribution in [3.63, 3.8) is 0 Å². The van der Waals surface area contributed by atoms with Crippen molar-refractivity contribution in [3.8, 4) is 28.3 Å². The van der Waals surface area contributed by atoms with Crippen LogP contribution in [-0.2, 0) is 6.42 Å². The summed E-state index contributed by atoms with van der Waals surface area (Å²) in [7, 11) is 1.58. The van der Waals surface area contributed by atoms with Crippen LogP contribution in [0.25, 0.3) is 22.4 Å². The van der Waals surface area contributed by atoms with E-state index in [1.807, 2.05) is 42.5 Å². The monoisotopic (exact) mass is 343 g/mol. The largest absolute Gasteiger partial charge is 0.480 e. The van der Waals surface area contributed by atoms with E-state index in [0.717, 1.165) is 52.8 Å². The number of ketones is 1. The second-order valence-electron chi connectivity index (χ2n) is 6.54. The fourth-order valence-electron chi connectivity index (χ4n) is 3.72. The number of pyridine rings is 1. The number of hydrogen-bond donors (Lipinski definition) is 0. The van der Waals surface area contributed by atoms with Gasteiger partial charge in [0.05, 0.1) is 18.4 Å². The molecule has 0 amide bonds. The summed E-state index contributed by atoms with van der Waals surface area (Å²) in [4.78, 5) is 17.8. The maximum atomic E-state index is 13.0. The van der Waals surface area contributed by atoms with Crippen LogP contribution < -0.4 is 4.74 Å². The third-order valence-electron chi connectivity index (χ3n) is 4.95. The van der Waals surface area contributed by atoms with Crippen LogP contribution in [0.2, 0.25) is 0 Å². The van der Waals surface area contributed by atoms with Crippen LogP contribution in [0.1, 0.15) is 41.3 Å². The molecule has 0 bridgehead atoms. The van der Waals surface area contributed by atoms with Crippen molar-refractivity contribution in [2.24, 2.45) is 0 Å². The number of ether oxygens (including phenoxy) is 1. The maximum absolute atomic E-state index is 13.0. The molecular weight excluding hydrogens is 322 g/mol. The molecule has 3 aromatic rings. The van der Waals surface area contributed by atoms with Gasteiger partial charge in [0.25, 0.3) is 0 Å². The molecular formula is C23H21NO2. The average molecular weight is 343 g/mol. The number of benzene rings is 2. The first-order valence-electron chi connectivity index (χ1n) is 9.06. The predicted molar refractivity (Wildman–Crippen MR) is 104 cm³/mol. The second-order valence-corrected chi connectivity index (χ2v) is 6.54. The van der Waals surface area contributed by atoms with E-state index in [-0.39, 0.29) is 5.78 Å². The highest BCUT2D eigenvalue weighted by atomic mass is 16.5. The van der Waals surface area contributed by atoms with E-state index in [4.69, 9.17) is 9.72 Å². The van der Waals surface area contributed by atoms with Crippen LogP contribution in [0.5, 0.6) is 5.88 Å². The van der Waals surface area contributed by atoms with Crippen LogP contribution in [0.15, 0.2) is 54.6 Å². The quantitative estimate of drug-likeness (QED) is 0.493. The van der Waals surface area contributed by atoms with Gasteiger partial charge in [-0.15, -0.1) is 0 Å². The summed E-state index contributed by atoms with van der Waals surface area (Å²) in [6.45, 7) is 2.18. The van der Waals surface area contributed by atoms with Gasteiger partial charge in [0.15, 0.2) is 5.78 Å². The number of carbonyl (C=O) groups is 1. The third-order valence-corrected chi connectivity index (χ3v) is 4.95. The third kappa shape index (κ3) is 2.51. The maximum Gasteiger partial charge on any atom is 0.225 e. The molecule has 1 aromatic heterocycles. The number of methoxy groups -OCH3 is 1. The van der Waals surface area contributed by atoms with Gasteiger partial charge in [-0.05, 0) is 24.0 Å². The van der Waals surface area contributed by atoms with Gasteiger partial charge < -0.3 is 4.74 Å². The summed E-state index contributed by atoms with van der Waals surface area (Å²) >= 11 is 0. The SMILES string of the molecule is CCCCc1c(-c2ccccc2)nc(OC)c2c1-c1ccccc1C2=O. The van der Waals surface area contributed by atoms with Crippen molar-refractivity contribution in [2.45, 2.75) is 26.2 Å². The summed E-state index contributed by atoms with van der Waals surface area (Å²) < 4.78 is 5.55. The summed E-state index contributed by atoms with van der Waals surface area (Å²) in [6, 6.07) is 18.0. The van der Waals surface area contributed by atoms with Crippen LogP contribution in [0.4, 0.5) is 0 Å². The molecule has 1 aliphatic carbocycles. The molecule has 0 radical (unpaired) electrons. The fourth-order valence-corrected chi connectivity index (χ4v) is 3.72. The molecule has 4 rings (SSSR count). The number of hydrogen-bond acceptors (Lipinski definition) is 3. The Balaban J connectivity index is 2.06. The molecule has 1 heterocycles. The Morgan fingerprint density at radius 1 is 0.923 bits per heavy atom. The number of rotatable bonds is 5. The van der Waals surface area contributed by atoms with E-state index in [1.165, 1.54) is 0 Å². The van der Waals surface area contributed by atoms with Crippen molar-refractivity contribution in [1.82, 2.24) is 4.98 Å². The van der Waals surface area contributed by atoms with Crippen molar-refractivity contribution in [1.29, 1.82) is 0 Å². The topological polar surface area (TPSA) is 39.2 Å². The Kier molecular flexibility index (Phi) is 4.29. The minimum atomic E-state index is 0.0114. The summed E-state index contributed by atoms with van der Waals surface area (Å²) in [6.07, 6.45) is 3.03. The van der Waals surface area contributed by atoms with Gasteiger partial charge in [-0.1, -0.05) is 67.9 Å². The van der Waals surface area contributed by atoms with Gasteiger partial charge in [0.1, 0.15) is 0 Å². The highest BCUT2D eigenvalue weighted by molar-refractivity contribution is 6.23. The molecule has 26 heavy (non-hydrogen) atoms. The minimum Gasteiger partial charge on any atom is -0.480 e. The molecule has 2 aromatic carbocycles. The van der Waals surface area contributed by atoms with E-state index in [2.05, 4.69) is 19.1 Å². The molecule has 0 unspecified atom stereocenters. The molecule has 130 valence electrons. The Bertz CT molecular complexity index is 977. The lowest BCUT2D eigenvalue weighted by Crippen LogP contribution is -2.06. The number of fused-ring (bicyclic) bond motifs is 3. The lowest BCUT2D eigenvalue weighted by atomic mass is 9.92. The zero-order valence-corrected chi connectivity index (χ0v) is 15.1. The van der Waals surface area contributed by atoms with Crippen molar-refractivity contribution in [3.05, 3.63) is 71.3 Å². The Labute approximate surface area is 153 Å². The van der Waals surface area contributed by atoms with E-state index >= 15 is 0 Å². The van der Waals surface area contributed by atoms with Gasteiger partial charge >= 0.3 is 0 Å². The molecule has 0 saturated heterocycles. The van der Waals surface area contributed by atoms with E-state index in [9.17, 15) is 4.79 Å². The normalized spacial score (nSPS) is 12.0. The van der Waals surface area contributed by atoms with Crippen LogP contribution >= 0.6 is 0 Å². The molecule has 3 nitrogen and oxygen atoms in total. The van der Waals surface area contributed by atoms with Gasteiger partial charge in [-0.25, -0.2) is 4.98 Å². The molecule has 0 saturated carbocycles. The molecule has 1 aliphatic rings. The zero-order valence-electron chi connectivity index (χ0n) is 15.1. The Morgan fingerprint density at radius 2 is 1.62 bits per heavy atom. The van der Waals surface area contributed by atoms with E-state index in [0.29, 0.717) is 11.4 Å². The van der Waals surface area contributed by atoms with Gasteiger partial charge in [0.2, 0.25) is 5.88 Å². The summed E-state index contributed by atoms with van der Waals surface area (Å²) in [5.41, 5.74) is 6.47. The number of unbranched alkanes of at least 4 members (excludes halogenated alkanes) is 1. The van der Waals surface area contributed by atoms with Gasteiger partial charge in [-0.3, -0.25) is 4.79 Å². The van der Waals surface area contributed by atoms with Crippen molar-refractivity contribution in [2.75, 3.05) is 7.11 Å². The molecule has 0 atom stereocenters. The first-order chi connectivity index (χ1) is 12.8. The molecule has 0 fully saturated rings. The van der Waals surface area contributed by atoms with E-state index in [1.54, 1.807) is 7.11 Å². The Morgan fingerprint density at radius 3 is 2.31 bits per heavy atom. The average Bonchev–Trinajstić information content (AvgIpc) is 3.00. The van der Waals surface area contributed by atoms with Crippen molar-refractivity contribution < 1.29 is 9.53 Å². The predicted octanol–water partition coefficient (Wildman–Crippen LogP) is 5.31. The van der Waals surface area contributed by atoms with Gasteiger partial charge in [-0.2, -0.15) is 0 Å². The highest BCUT2D eigenvalue weighted by Crippen LogP contribution is 2.45. The van der Waals surface area contributed by atoms with Crippen LogP contribution in [0.3, 0.4) is 0 Å². The summed E-state index contributed by atoms with van der Waals surface area (Å²) in [5, 5.41) is 0. The second kappa shape index (κ2) is 6.75. The minimum absolute atomic E-state index is 0.0114. The zero-order chi connectivity index (χ0) is 18.1. The molecule has 0 aliphatic heterocycles. The first kappa shape index (κ1) is 16.5.